The second kappa shape index (κ2) is 6.95. The Labute approximate surface area is 158 Å². The SMILES string of the molecule is COc1ccc(-c2nc3ccccc3c(=O)[nH]2)cc1Cn1cc([N+](=O)[O-])cn1. The highest BCUT2D eigenvalue weighted by Crippen LogP contribution is 2.26. The summed E-state index contributed by atoms with van der Waals surface area (Å²) in [5.74, 6) is 1.03. The molecule has 0 saturated heterocycles. The number of H-pyrrole nitrogens is 1. The Hall–Kier alpha value is -4.01. The summed E-state index contributed by atoms with van der Waals surface area (Å²) in [6, 6.07) is 12.5. The van der Waals surface area contributed by atoms with E-state index in [2.05, 4.69) is 15.1 Å². The zero-order valence-electron chi connectivity index (χ0n) is 14.8. The number of nitrogens with one attached hydrogen (secondary N) is 1. The second-order valence-electron chi connectivity index (χ2n) is 6.11. The summed E-state index contributed by atoms with van der Waals surface area (Å²) < 4.78 is 6.84. The molecule has 4 rings (SSSR count). The van der Waals surface area contributed by atoms with Crippen LogP contribution >= 0.6 is 0 Å². The smallest absolute Gasteiger partial charge is 0.307 e. The number of hydrogen-bond acceptors (Lipinski definition) is 6. The Balaban J connectivity index is 1.76. The van der Waals surface area contributed by atoms with Gasteiger partial charge in [-0.1, -0.05) is 12.1 Å². The lowest BCUT2D eigenvalue weighted by Gasteiger charge is -2.11. The van der Waals surface area contributed by atoms with E-state index in [1.807, 2.05) is 12.1 Å². The number of nitro groups is 1. The van der Waals surface area contributed by atoms with E-state index < -0.39 is 4.92 Å². The van der Waals surface area contributed by atoms with Gasteiger partial charge in [-0.3, -0.25) is 19.6 Å². The third-order valence-corrected chi connectivity index (χ3v) is 4.33. The van der Waals surface area contributed by atoms with Gasteiger partial charge in [-0.15, -0.1) is 0 Å². The van der Waals surface area contributed by atoms with Gasteiger partial charge < -0.3 is 9.72 Å². The molecule has 0 aliphatic heterocycles. The quantitative estimate of drug-likeness (QED) is 0.422. The zero-order valence-corrected chi connectivity index (χ0v) is 14.8. The Morgan fingerprint density at radius 1 is 1.25 bits per heavy atom. The molecular formula is C19H15N5O4. The molecule has 0 unspecified atom stereocenters. The van der Waals surface area contributed by atoms with Gasteiger partial charge in [0.1, 0.15) is 24.0 Å². The van der Waals surface area contributed by atoms with E-state index >= 15 is 0 Å². The molecule has 140 valence electrons. The van der Waals surface area contributed by atoms with E-state index in [9.17, 15) is 14.9 Å². The molecular weight excluding hydrogens is 362 g/mol. The van der Waals surface area contributed by atoms with Gasteiger partial charge in [0.2, 0.25) is 0 Å². The van der Waals surface area contributed by atoms with Crippen molar-refractivity contribution >= 4 is 16.6 Å². The fourth-order valence-corrected chi connectivity index (χ4v) is 2.98. The van der Waals surface area contributed by atoms with Gasteiger partial charge in [0.05, 0.1) is 29.5 Å². The minimum atomic E-state index is -0.499. The maximum absolute atomic E-state index is 12.3. The lowest BCUT2D eigenvalue weighted by Crippen LogP contribution is -2.09. The number of methoxy groups -OCH3 is 1. The van der Waals surface area contributed by atoms with Crippen LogP contribution in [0, 0.1) is 10.1 Å². The lowest BCUT2D eigenvalue weighted by atomic mass is 10.1. The highest BCUT2D eigenvalue weighted by molar-refractivity contribution is 5.79. The average molecular weight is 377 g/mol. The molecule has 4 aromatic rings. The first kappa shape index (κ1) is 17.4. The predicted octanol–water partition coefficient (Wildman–Crippen LogP) is 2.75. The minimum Gasteiger partial charge on any atom is -0.496 e. The number of aromatic amines is 1. The number of aromatic nitrogens is 4. The molecule has 0 radical (unpaired) electrons. The van der Waals surface area contributed by atoms with E-state index in [4.69, 9.17) is 4.74 Å². The molecule has 9 nitrogen and oxygen atoms in total. The van der Waals surface area contributed by atoms with Crippen LogP contribution in [-0.4, -0.2) is 31.8 Å². The van der Waals surface area contributed by atoms with Gasteiger partial charge in [-0.25, -0.2) is 4.98 Å². The largest absolute Gasteiger partial charge is 0.496 e. The van der Waals surface area contributed by atoms with Crippen LogP contribution in [-0.2, 0) is 6.54 Å². The normalized spacial score (nSPS) is 10.9. The summed E-state index contributed by atoms with van der Waals surface area (Å²) in [4.78, 5) is 30.0. The molecule has 0 aliphatic rings. The summed E-state index contributed by atoms with van der Waals surface area (Å²) >= 11 is 0. The van der Waals surface area contributed by atoms with Crippen molar-refractivity contribution in [3.8, 4) is 17.1 Å². The van der Waals surface area contributed by atoms with E-state index in [1.165, 1.54) is 17.1 Å². The number of para-hydroxylation sites is 1. The van der Waals surface area contributed by atoms with Gasteiger partial charge >= 0.3 is 5.69 Å². The maximum Gasteiger partial charge on any atom is 0.307 e. The monoisotopic (exact) mass is 377 g/mol. The summed E-state index contributed by atoms with van der Waals surface area (Å²) in [5, 5.41) is 15.4. The Kier molecular flexibility index (Phi) is 4.32. The molecule has 28 heavy (non-hydrogen) atoms. The van der Waals surface area contributed by atoms with Gasteiger partial charge in [0.25, 0.3) is 5.56 Å². The molecule has 0 atom stereocenters. The first-order valence-corrected chi connectivity index (χ1v) is 8.38. The number of rotatable bonds is 5. The van der Waals surface area contributed by atoms with Crippen molar-refractivity contribution in [3.05, 3.63) is 80.9 Å². The third kappa shape index (κ3) is 3.20. The van der Waals surface area contributed by atoms with Gasteiger partial charge in [-0.2, -0.15) is 5.10 Å². The van der Waals surface area contributed by atoms with Crippen LogP contribution in [0.15, 0.2) is 59.7 Å². The first-order chi connectivity index (χ1) is 13.5. The van der Waals surface area contributed by atoms with Crippen LogP contribution in [0.3, 0.4) is 0 Å². The fourth-order valence-electron chi connectivity index (χ4n) is 2.98. The molecule has 0 spiro atoms. The molecule has 0 amide bonds. The molecule has 9 heteroatoms. The van der Waals surface area contributed by atoms with Crippen molar-refractivity contribution in [1.29, 1.82) is 0 Å². The van der Waals surface area contributed by atoms with Crippen LogP contribution in [0.2, 0.25) is 0 Å². The van der Waals surface area contributed by atoms with E-state index in [0.29, 0.717) is 28.0 Å². The molecule has 0 saturated carbocycles. The molecule has 1 N–H and O–H groups in total. The van der Waals surface area contributed by atoms with Crippen molar-refractivity contribution in [2.75, 3.05) is 7.11 Å². The van der Waals surface area contributed by atoms with Crippen molar-refractivity contribution < 1.29 is 9.66 Å². The standard InChI is InChI=1S/C19H15N5O4/c1-28-17-7-6-12(8-13(17)10-23-11-14(9-20-23)24(26)27)18-21-16-5-3-2-4-15(16)19(25)22-18/h2-9,11H,10H2,1H3,(H,21,22,25). The topological polar surface area (TPSA) is 116 Å². The van der Waals surface area contributed by atoms with E-state index in [-0.39, 0.29) is 17.8 Å². The number of ether oxygens (including phenoxy) is 1. The second-order valence-corrected chi connectivity index (χ2v) is 6.11. The summed E-state index contributed by atoms with van der Waals surface area (Å²) in [6.07, 6.45) is 2.54. The Morgan fingerprint density at radius 3 is 2.82 bits per heavy atom. The summed E-state index contributed by atoms with van der Waals surface area (Å²) in [5.41, 5.74) is 1.73. The molecule has 0 bridgehead atoms. The summed E-state index contributed by atoms with van der Waals surface area (Å²) in [7, 11) is 1.54. The average Bonchev–Trinajstić information content (AvgIpc) is 3.17. The lowest BCUT2D eigenvalue weighted by molar-refractivity contribution is -0.385. The van der Waals surface area contributed by atoms with Gasteiger partial charge in [0.15, 0.2) is 0 Å². The summed E-state index contributed by atoms with van der Waals surface area (Å²) in [6.45, 7) is 0.267. The van der Waals surface area contributed by atoms with E-state index in [1.54, 1.807) is 37.4 Å². The molecule has 0 fully saturated rings. The van der Waals surface area contributed by atoms with Crippen LogP contribution < -0.4 is 10.3 Å². The number of fused-ring (bicyclic) bond motifs is 1. The van der Waals surface area contributed by atoms with Crippen molar-refractivity contribution in [3.63, 3.8) is 0 Å². The first-order valence-electron chi connectivity index (χ1n) is 8.38. The van der Waals surface area contributed by atoms with Crippen LogP contribution in [0.25, 0.3) is 22.3 Å². The zero-order chi connectivity index (χ0) is 19.7. The van der Waals surface area contributed by atoms with Crippen molar-refractivity contribution in [2.24, 2.45) is 0 Å². The van der Waals surface area contributed by atoms with Crippen LogP contribution in [0.4, 0.5) is 5.69 Å². The maximum atomic E-state index is 12.3. The minimum absolute atomic E-state index is 0.0874. The molecule has 2 aromatic heterocycles. The van der Waals surface area contributed by atoms with Crippen molar-refractivity contribution in [2.45, 2.75) is 6.54 Å². The van der Waals surface area contributed by atoms with Gasteiger partial charge in [-0.05, 0) is 30.3 Å². The fraction of sp³-hybridized carbons (Fsp3) is 0.105. The Bertz CT molecular complexity index is 1240. The van der Waals surface area contributed by atoms with Crippen molar-refractivity contribution in [1.82, 2.24) is 19.7 Å². The number of hydrogen-bond donors (Lipinski definition) is 1. The molecule has 2 heterocycles. The molecule has 2 aromatic carbocycles. The number of benzene rings is 2. The van der Waals surface area contributed by atoms with Gasteiger partial charge in [0, 0.05) is 11.1 Å². The van der Waals surface area contributed by atoms with Crippen LogP contribution in [0.1, 0.15) is 5.56 Å². The predicted molar refractivity (Wildman–Crippen MR) is 102 cm³/mol. The van der Waals surface area contributed by atoms with E-state index in [0.717, 1.165) is 5.56 Å². The number of nitrogens with zero attached hydrogens (tertiary/aromatic N) is 4. The molecule has 0 aliphatic carbocycles. The highest BCUT2D eigenvalue weighted by atomic mass is 16.6. The highest BCUT2D eigenvalue weighted by Gasteiger charge is 2.13. The van der Waals surface area contributed by atoms with Crippen LogP contribution in [0.5, 0.6) is 5.75 Å². The third-order valence-electron chi connectivity index (χ3n) is 4.33. The Morgan fingerprint density at radius 2 is 2.07 bits per heavy atom.